The SMILES string of the molecule is CCCCOc1cccc(S(=O)(=O)NC(=O)c2ccc(C(C)(C)C)nc2N2CC(C)CC2(C)C)n1. The molecule has 9 heteroatoms. The minimum absolute atomic E-state index is 0.207. The van der Waals surface area contributed by atoms with Crippen molar-refractivity contribution >= 4 is 21.7 Å². The van der Waals surface area contributed by atoms with Gasteiger partial charge in [-0.2, -0.15) is 13.4 Å². The van der Waals surface area contributed by atoms with E-state index in [9.17, 15) is 13.2 Å². The van der Waals surface area contributed by atoms with Crippen LogP contribution >= 0.6 is 0 Å². The molecule has 2 aromatic heterocycles. The third kappa shape index (κ3) is 6.31. The molecule has 3 heterocycles. The van der Waals surface area contributed by atoms with Crippen LogP contribution in [0.1, 0.15) is 83.8 Å². The highest BCUT2D eigenvalue weighted by atomic mass is 32.2. The van der Waals surface area contributed by atoms with Crippen LogP contribution in [0.4, 0.5) is 5.82 Å². The van der Waals surface area contributed by atoms with E-state index >= 15 is 0 Å². The standard InChI is InChI=1S/C26H38N4O4S/c1-8-9-15-34-21-11-10-12-22(28-21)35(32,33)29-24(31)19-13-14-20(25(3,4)5)27-23(19)30-17-18(2)16-26(30,6)7/h10-14,18H,8-9,15-17H2,1-7H3,(H,29,31). The molecule has 1 saturated heterocycles. The molecule has 0 saturated carbocycles. The maximum absolute atomic E-state index is 13.3. The minimum atomic E-state index is -4.22. The molecule has 2 aromatic rings. The van der Waals surface area contributed by atoms with Crippen molar-refractivity contribution in [2.75, 3.05) is 18.1 Å². The van der Waals surface area contributed by atoms with Crippen LogP contribution in [-0.4, -0.2) is 43.0 Å². The fourth-order valence-electron chi connectivity index (χ4n) is 4.38. The number of hydrogen-bond donors (Lipinski definition) is 1. The van der Waals surface area contributed by atoms with E-state index in [4.69, 9.17) is 9.72 Å². The number of carbonyl (C=O) groups excluding carboxylic acids is 1. The first-order chi connectivity index (χ1) is 16.2. The number of aromatic nitrogens is 2. The van der Waals surface area contributed by atoms with Gasteiger partial charge in [-0.3, -0.25) is 4.79 Å². The lowest BCUT2D eigenvalue weighted by molar-refractivity contribution is 0.0981. The molecule has 8 nitrogen and oxygen atoms in total. The van der Waals surface area contributed by atoms with Gasteiger partial charge in [-0.05, 0) is 50.8 Å². The molecule has 1 aliphatic rings. The molecule has 0 aliphatic carbocycles. The van der Waals surface area contributed by atoms with Gasteiger partial charge in [0, 0.05) is 29.3 Å². The van der Waals surface area contributed by atoms with E-state index in [1.807, 2.05) is 6.92 Å². The van der Waals surface area contributed by atoms with Gasteiger partial charge in [0.25, 0.3) is 15.9 Å². The number of hydrogen-bond acceptors (Lipinski definition) is 7. The first-order valence-corrected chi connectivity index (χ1v) is 13.7. The van der Waals surface area contributed by atoms with E-state index in [1.165, 1.54) is 6.07 Å². The van der Waals surface area contributed by atoms with Crippen LogP contribution in [0, 0.1) is 5.92 Å². The van der Waals surface area contributed by atoms with E-state index in [0.29, 0.717) is 18.3 Å². The molecule has 1 atom stereocenters. The van der Waals surface area contributed by atoms with Crippen LogP contribution in [0.5, 0.6) is 5.88 Å². The lowest BCUT2D eigenvalue weighted by atomic mass is 9.91. The zero-order valence-electron chi connectivity index (χ0n) is 21.9. The highest BCUT2D eigenvalue weighted by Gasteiger charge is 2.39. The molecule has 0 bridgehead atoms. The smallest absolute Gasteiger partial charge is 0.281 e. The van der Waals surface area contributed by atoms with Crippen LogP contribution in [-0.2, 0) is 15.4 Å². The van der Waals surface area contributed by atoms with Gasteiger partial charge in [0.2, 0.25) is 5.88 Å². The van der Waals surface area contributed by atoms with E-state index in [0.717, 1.165) is 31.5 Å². The van der Waals surface area contributed by atoms with E-state index < -0.39 is 15.9 Å². The minimum Gasteiger partial charge on any atom is -0.478 e. The average molecular weight is 503 g/mol. The zero-order chi connectivity index (χ0) is 26.0. The van der Waals surface area contributed by atoms with Gasteiger partial charge in [0.05, 0.1) is 12.2 Å². The van der Waals surface area contributed by atoms with Gasteiger partial charge in [-0.1, -0.05) is 47.1 Å². The Morgan fingerprint density at radius 1 is 1.20 bits per heavy atom. The number of nitrogens with zero attached hydrogens (tertiary/aromatic N) is 3. The van der Waals surface area contributed by atoms with Crippen molar-refractivity contribution in [3.63, 3.8) is 0 Å². The monoisotopic (exact) mass is 502 g/mol. The number of nitrogens with one attached hydrogen (secondary N) is 1. The number of sulfonamides is 1. The molecule has 0 radical (unpaired) electrons. The van der Waals surface area contributed by atoms with Gasteiger partial charge < -0.3 is 9.64 Å². The van der Waals surface area contributed by atoms with Crippen molar-refractivity contribution < 1.29 is 17.9 Å². The van der Waals surface area contributed by atoms with Gasteiger partial charge in [-0.15, -0.1) is 0 Å². The summed E-state index contributed by atoms with van der Waals surface area (Å²) in [6, 6.07) is 7.95. The van der Waals surface area contributed by atoms with Crippen LogP contribution in [0.25, 0.3) is 0 Å². The molecule has 1 amide bonds. The van der Waals surface area contributed by atoms with Crippen molar-refractivity contribution in [1.82, 2.24) is 14.7 Å². The van der Waals surface area contributed by atoms with Crippen LogP contribution in [0.15, 0.2) is 35.4 Å². The van der Waals surface area contributed by atoms with Gasteiger partial charge in [-0.25, -0.2) is 9.71 Å². The molecular weight excluding hydrogens is 464 g/mol. The fraction of sp³-hybridized carbons (Fsp3) is 0.577. The molecule has 1 fully saturated rings. The highest BCUT2D eigenvalue weighted by molar-refractivity contribution is 7.90. The van der Waals surface area contributed by atoms with Crippen molar-refractivity contribution in [1.29, 1.82) is 0 Å². The maximum atomic E-state index is 13.3. The Morgan fingerprint density at radius 3 is 2.51 bits per heavy atom. The first kappa shape index (κ1) is 26.9. The summed E-state index contributed by atoms with van der Waals surface area (Å²) in [5.74, 6) is 0.398. The van der Waals surface area contributed by atoms with Crippen LogP contribution in [0.3, 0.4) is 0 Å². The van der Waals surface area contributed by atoms with E-state index in [2.05, 4.69) is 56.1 Å². The normalized spacial score (nSPS) is 17.9. The second-order valence-electron chi connectivity index (χ2n) is 11.0. The number of unbranched alkanes of at least 4 members (excludes halogenated alkanes) is 1. The molecule has 1 unspecified atom stereocenters. The Balaban J connectivity index is 1.95. The summed E-state index contributed by atoms with van der Waals surface area (Å²) in [5, 5.41) is -0.268. The summed E-state index contributed by atoms with van der Waals surface area (Å²) in [5.41, 5.74) is 0.607. The maximum Gasteiger partial charge on any atom is 0.281 e. The molecule has 3 rings (SSSR count). The molecule has 1 N–H and O–H groups in total. The summed E-state index contributed by atoms with van der Waals surface area (Å²) in [7, 11) is -4.22. The lowest BCUT2D eigenvalue weighted by Crippen LogP contribution is -2.41. The summed E-state index contributed by atoms with van der Waals surface area (Å²) in [4.78, 5) is 24.4. The van der Waals surface area contributed by atoms with Crippen molar-refractivity contribution in [2.45, 2.75) is 83.7 Å². The van der Waals surface area contributed by atoms with Crippen LogP contribution < -0.4 is 14.4 Å². The fourth-order valence-corrected chi connectivity index (χ4v) is 5.31. The lowest BCUT2D eigenvalue weighted by Gasteiger charge is -2.34. The number of carbonyl (C=O) groups is 1. The number of pyridine rings is 2. The second kappa shape index (κ2) is 10.1. The Labute approximate surface area is 209 Å². The zero-order valence-corrected chi connectivity index (χ0v) is 22.7. The molecule has 0 spiro atoms. The average Bonchev–Trinajstić information content (AvgIpc) is 3.04. The first-order valence-electron chi connectivity index (χ1n) is 12.2. The molecule has 35 heavy (non-hydrogen) atoms. The molecular formula is C26H38N4O4S. The summed E-state index contributed by atoms with van der Waals surface area (Å²) < 4.78 is 33.8. The quantitative estimate of drug-likeness (QED) is 0.522. The predicted octanol–water partition coefficient (Wildman–Crippen LogP) is 4.70. The Kier molecular flexibility index (Phi) is 7.79. The van der Waals surface area contributed by atoms with Gasteiger partial charge in [0.1, 0.15) is 5.82 Å². The highest BCUT2D eigenvalue weighted by Crippen LogP contribution is 2.38. The van der Waals surface area contributed by atoms with Gasteiger partial charge >= 0.3 is 0 Å². The third-order valence-corrected chi connectivity index (χ3v) is 7.40. The Hall–Kier alpha value is -2.68. The Bertz CT molecular complexity index is 1170. The van der Waals surface area contributed by atoms with Crippen molar-refractivity contribution in [3.8, 4) is 5.88 Å². The molecule has 192 valence electrons. The van der Waals surface area contributed by atoms with E-state index in [1.54, 1.807) is 24.3 Å². The summed E-state index contributed by atoms with van der Waals surface area (Å²) >= 11 is 0. The number of amides is 1. The second-order valence-corrected chi connectivity index (χ2v) is 12.6. The van der Waals surface area contributed by atoms with Crippen molar-refractivity contribution in [2.24, 2.45) is 5.92 Å². The van der Waals surface area contributed by atoms with E-state index in [-0.39, 0.29) is 27.4 Å². The number of anilines is 1. The topological polar surface area (TPSA) is 101 Å². The van der Waals surface area contributed by atoms with Gasteiger partial charge in [0.15, 0.2) is 5.03 Å². The van der Waals surface area contributed by atoms with Crippen molar-refractivity contribution in [3.05, 3.63) is 41.6 Å². The van der Waals surface area contributed by atoms with Crippen LogP contribution in [0.2, 0.25) is 0 Å². The molecule has 0 aromatic carbocycles. The third-order valence-electron chi connectivity index (χ3n) is 6.17. The molecule has 1 aliphatic heterocycles. The summed E-state index contributed by atoms with van der Waals surface area (Å²) in [6.45, 7) is 15.8. The predicted molar refractivity (Wildman–Crippen MR) is 137 cm³/mol. The Morgan fingerprint density at radius 2 is 1.91 bits per heavy atom. The largest absolute Gasteiger partial charge is 0.478 e. The number of rotatable bonds is 8. The number of ether oxygens (including phenoxy) is 1. The summed E-state index contributed by atoms with van der Waals surface area (Å²) in [6.07, 6.45) is 2.73.